The van der Waals surface area contributed by atoms with Gasteiger partial charge in [0.1, 0.15) is 0 Å². The van der Waals surface area contributed by atoms with Gasteiger partial charge in [0.05, 0.1) is 12.1 Å². The van der Waals surface area contributed by atoms with Crippen LogP contribution in [0.5, 0.6) is 0 Å². The summed E-state index contributed by atoms with van der Waals surface area (Å²) in [6.45, 7) is 6.10. The summed E-state index contributed by atoms with van der Waals surface area (Å²) >= 11 is 0. The summed E-state index contributed by atoms with van der Waals surface area (Å²) in [6, 6.07) is 9.61. The molecule has 1 aromatic rings. The van der Waals surface area contributed by atoms with Gasteiger partial charge in [0.15, 0.2) is 0 Å². The summed E-state index contributed by atoms with van der Waals surface area (Å²) in [4.78, 5) is 11.8. The summed E-state index contributed by atoms with van der Waals surface area (Å²) < 4.78 is 0. The molecule has 94 valence electrons. The molecule has 0 radical (unpaired) electrons. The number of carbonyl (C=O) groups excluding carboxylic acids is 1. The van der Waals surface area contributed by atoms with Gasteiger partial charge >= 0.3 is 0 Å². The van der Waals surface area contributed by atoms with Crippen molar-refractivity contribution < 1.29 is 4.79 Å². The van der Waals surface area contributed by atoms with Crippen LogP contribution in [0.15, 0.2) is 30.3 Å². The van der Waals surface area contributed by atoms with E-state index in [0.29, 0.717) is 12.3 Å². The summed E-state index contributed by atoms with van der Waals surface area (Å²) in [5.41, 5.74) is 6.86. The minimum Gasteiger partial charge on any atom is -0.348 e. The van der Waals surface area contributed by atoms with Gasteiger partial charge < -0.3 is 11.1 Å². The van der Waals surface area contributed by atoms with Crippen molar-refractivity contribution in [1.29, 1.82) is 0 Å². The van der Waals surface area contributed by atoms with Gasteiger partial charge in [-0.25, -0.2) is 0 Å². The van der Waals surface area contributed by atoms with Crippen molar-refractivity contribution >= 4 is 5.91 Å². The minimum absolute atomic E-state index is 0.0290. The number of nitrogens with one attached hydrogen (secondary N) is 1. The fourth-order valence-corrected chi connectivity index (χ4v) is 1.74. The SMILES string of the molecule is CC[C@H](N)C(=O)NC(c1ccccc1)C(C)C. The zero-order valence-electron chi connectivity index (χ0n) is 10.8. The largest absolute Gasteiger partial charge is 0.348 e. The molecule has 1 amide bonds. The van der Waals surface area contributed by atoms with Gasteiger partial charge in [-0.3, -0.25) is 4.79 Å². The maximum atomic E-state index is 11.8. The maximum Gasteiger partial charge on any atom is 0.237 e. The van der Waals surface area contributed by atoms with Gasteiger partial charge in [0, 0.05) is 0 Å². The monoisotopic (exact) mass is 234 g/mol. The van der Waals surface area contributed by atoms with E-state index in [1.165, 1.54) is 0 Å². The van der Waals surface area contributed by atoms with Crippen LogP contribution in [0.1, 0.15) is 38.8 Å². The molecule has 0 saturated carbocycles. The van der Waals surface area contributed by atoms with Gasteiger partial charge in [-0.15, -0.1) is 0 Å². The van der Waals surface area contributed by atoms with Crippen molar-refractivity contribution in [1.82, 2.24) is 5.32 Å². The average Bonchev–Trinajstić information content (AvgIpc) is 2.35. The number of nitrogens with two attached hydrogens (primary N) is 1. The standard InChI is InChI=1S/C14H22N2O/c1-4-12(15)14(17)16-13(10(2)3)11-8-6-5-7-9-11/h5-10,12-13H,4,15H2,1-3H3,(H,16,17)/t12-,13?/m0/s1. The Morgan fingerprint density at radius 3 is 2.35 bits per heavy atom. The van der Waals surface area contributed by atoms with E-state index >= 15 is 0 Å². The molecule has 1 rings (SSSR count). The number of rotatable bonds is 5. The Hall–Kier alpha value is -1.35. The van der Waals surface area contributed by atoms with E-state index in [1.807, 2.05) is 37.3 Å². The predicted molar refractivity (Wildman–Crippen MR) is 70.4 cm³/mol. The minimum atomic E-state index is -0.417. The first-order valence-electron chi connectivity index (χ1n) is 6.17. The molecule has 1 aromatic carbocycles. The zero-order chi connectivity index (χ0) is 12.8. The Labute approximate surface area is 103 Å². The summed E-state index contributed by atoms with van der Waals surface area (Å²) in [7, 11) is 0. The molecule has 0 spiro atoms. The van der Waals surface area contributed by atoms with E-state index in [1.54, 1.807) is 0 Å². The van der Waals surface area contributed by atoms with Crippen molar-refractivity contribution in [2.45, 2.75) is 39.3 Å². The van der Waals surface area contributed by atoms with E-state index < -0.39 is 6.04 Å². The lowest BCUT2D eigenvalue weighted by molar-refractivity contribution is -0.123. The third kappa shape index (κ3) is 3.86. The zero-order valence-corrected chi connectivity index (χ0v) is 10.8. The molecule has 0 aromatic heterocycles. The Morgan fingerprint density at radius 1 is 1.29 bits per heavy atom. The average molecular weight is 234 g/mol. The molecule has 17 heavy (non-hydrogen) atoms. The number of benzene rings is 1. The van der Waals surface area contributed by atoms with Gasteiger partial charge in [-0.1, -0.05) is 51.1 Å². The van der Waals surface area contributed by atoms with Crippen molar-refractivity contribution in [3.8, 4) is 0 Å². The quantitative estimate of drug-likeness (QED) is 0.821. The van der Waals surface area contributed by atoms with E-state index in [9.17, 15) is 4.79 Å². The smallest absolute Gasteiger partial charge is 0.237 e. The lowest BCUT2D eigenvalue weighted by Crippen LogP contribution is -2.43. The first-order chi connectivity index (χ1) is 8.06. The summed E-state index contributed by atoms with van der Waals surface area (Å²) in [5, 5.41) is 3.02. The highest BCUT2D eigenvalue weighted by molar-refractivity contribution is 5.81. The van der Waals surface area contributed by atoms with Crippen LogP contribution in [0.2, 0.25) is 0 Å². The second-order valence-electron chi connectivity index (χ2n) is 4.66. The van der Waals surface area contributed by atoms with Crippen molar-refractivity contribution in [3.05, 3.63) is 35.9 Å². The lowest BCUT2D eigenvalue weighted by Gasteiger charge is -2.24. The maximum absolute atomic E-state index is 11.8. The molecule has 0 aliphatic carbocycles. The highest BCUT2D eigenvalue weighted by Crippen LogP contribution is 2.21. The highest BCUT2D eigenvalue weighted by atomic mass is 16.2. The van der Waals surface area contributed by atoms with Gasteiger partial charge in [-0.05, 0) is 17.9 Å². The Bertz CT molecular complexity index is 348. The van der Waals surface area contributed by atoms with Crippen LogP contribution < -0.4 is 11.1 Å². The van der Waals surface area contributed by atoms with E-state index in [-0.39, 0.29) is 11.9 Å². The first kappa shape index (κ1) is 13.7. The van der Waals surface area contributed by atoms with E-state index in [2.05, 4.69) is 19.2 Å². The van der Waals surface area contributed by atoms with Crippen LogP contribution in [0.25, 0.3) is 0 Å². The molecule has 0 aliphatic rings. The van der Waals surface area contributed by atoms with Crippen LogP contribution in [-0.2, 0) is 4.79 Å². The molecule has 1 unspecified atom stereocenters. The summed E-state index contributed by atoms with van der Waals surface area (Å²) in [5.74, 6) is 0.264. The van der Waals surface area contributed by atoms with E-state index in [4.69, 9.17) is 5.73 Å². The van der Waals surface area contributed by atoms with Gasteiger partial charge in [0.25, 0.3) is 0 Å². The van der Waals surface area contributed by atoms with Crippen LogP contribution in [-0.4, -0.2) is 11.9 Å². The fraction of sp³-hybridized carbons (Fsp3) is 0.500. The van der Waals surface area contributed by atoms with Gasteiger partial charge in [-0.2, -0.15) is 0 Å². The molecule has 3 heteroatoms. The third-order valence-electron chi connectivity index (χ3n) is 2.90. The normalized spacial score (nSPS) is 14.4. The topological polar surface area (TPSA) is 55.1 Å². The highest BCUT2D eigenvalue weighted by Gasteiger charge is 2.20. The first-order valence-corrected chi connectivity index (χ1v) is 6.17. The molecule has 3 N–H and O–H groups in total. The third-order valence-corrected chi connectivity index (χ3v) is 2.90. The molecule has 0 bridgehead atoms. The molecular weight excluding hydrogens is 212 g/mol. The number of hydrogen-bond acceptors (Lipinski definition) is 2. The van der Waals surface area contributed by atoms with Crippen LogP contribution in [0.4, 0.5) is 0 Å². The fourth-order valence-electron chi connectivity index (χ4n) is 1.74. The molecule has 0 aliphatic heterocycles. The second kappa shape index (κ2) is 6.40. The Balaban J connectivity index is 2.78. The van der Waals surface area contributed by atoms with Crippen LogP contribution in [0.3, 0.4) is 0 Å². The Morgan fingerprint density at radius 2 is 1.88 bits per heavy atom. The molecule has 0 fully saturated rings. The number of hydrogen-bond donors (Lipinski definition) is 2. The van der Waals surface area contributed by atoms with Crippen molar-refractivity contribution in [3.63, 3.8) is 0 Å². The molecule has 3 nitrogen and oxygen atoms in total. The molecular formula is C14H22N2O. The predicted octanol–water partition coefficient (Wildman–Crippen LogP) is 2.24. The number of amides is 1. The second-order valence-corrected chi connectivity index (χ2v) is 4.66. The van der Waals surface area contributed by atoms with Gasteiger partial charge in [0.2, 0.25) is 5.91 Å². The molecule has 0 saturated heterocycles. The Kier molecular flexibility index (Phi) is 5.16. The summed E-state index contributed by atoms with van der Waals surface area (Å²) in [6.07, 6.45) is 0.658. The lowest BCUT2D eigenvalue weighted by atomic mass is 9.95. The van der Waals surface area contributed by atoms with Crippen LogP contribution >= 0.6 is 0 Å². The van der Waals surface area contributed by atoms with Crippen LogP contribution in [0, 0.1) is 5.92 Å². The van der Waals surface area contributed by atoms with Crippen molar-refractivity contribution in [2.75, 3.05) is 0 Å². The van der Waals surface area contributed by atoms with Crippen molar-refractivity contribution in [2.24, 2.45) is 11.7 Å². The molecule has 0 heterocycles. The number of carbonyl (C=O) groups is 1. The molecule has 2 atom stereocenters. The van der Waals surface area contributed by atoms with E-state index in [0.717, 1.165) is 5.56 Å².